The van der Waals surface area contributed by atoms with Crippen LogP contribution in [0.5, 0.6) is 17.2 Å². The summed E-state index contributed by atoms with van der Waals surface area (Å²) in [6.07, 6.45) is 0.954. The average molecular weight is 324 g/mol. The largest absolute Gasteiger partial charge is 0.494 e. The highest BCUT2D eigenvalue weighted by atomic mass is 16.6. The Kier molecular flexibility index (Phi) is 3.89. The topological polar surface area (TPSA) is 44.8 Å². The molecule has 1 atom stereocenters. The first-order chi connectivity index (χ1) is 11.8. The summed E-state index contributed by atoms with van der Waals surface area (Å²) in [6, 6.07) is 12.0. The number of hydrogen-bond donors (Lipinski definition) is 0. The highest BCUT2D eigenvalue weighted by Gasteiger charge is 2.30. The monoisotopic (exact) mass is 324 g/mol. The minimum atomic E-state index is -0.000161. The molecule has 2 aliphatic rings. The van der Waals surface area contributed by atoms with Crippen LogP contribution in [0.2, 0.25) is 0 Å². The van der Waals surface area contributed by atoms with Crippen molar-refractivity contribution < 1.29 is 19.0 Å². The molecule has 4 nitrogen and oxygen atoms in total. The molecule has 0 fully saturated rings. The summed E-state index contributed by atoms with van der Waals surface area (Å²) in [5.41, 5.74) is 3.24. The van der Waals surface area contributed by atoms with E-state index in [2.05, 4.69) is 6.07 Å². The molecule has 0 saturated heterocycles. The smallest absolute Gasteiger partial charge is 0.161 e. The summed E-state index contributed by atoms with van der Waals surface area (Å²) in [5.74, 6) is 2.61. The molecule has 0 bridgehead atoms. The molecular weight excluding hydrogens is 304 g/mol. The van der Waals surface area contributed by atoms with Crippen LogP contribution in [0, 0.1) is 0 Å². The van der Waals surface area contributed by atoms with E-state index in [1.807, 2.05) is 37.3 Å². The van der Waals surface area contributed by atoms with Gasteiger partial charge < -0.3 is 14.2 Å². The predicted molar refractivity (Wildman–Crippen MR) is 90.2 cm³/mol. The van der Waals surface area contributed by atoms with Gasteiger partial charge in [-0.05, 0) is 36.2 Å². The first-order valence-corrected chi connectivity index (χ1v) is 8.42. The summed E-state index contributed by atoms with van der Waals surface area (Å²) in [6.45, 7) is 3.69. The zero-order chi connectivity index (χ0) is 16.5. The number of ketones is 1. The van der Waals surface area contributed by atoms with Crippen molar-refractivity contribution in [1.29, 1.82) is 0 Å². The van der Waals surface area contributed by atoms with E-state index < -0.39 is 0 Å². The van der Waals surface area contributed by atoms with Gasteiger partial charge in [-0.25, -0.2) is 0 Å². The predicted octanol–water partition coefficient (Wildman–Crippen LogP) is 3.50. The summed E-state index contributed by atoms with van der Waals surface area (Å²) < 4.78 is 17.2. The van der Waals surface area contributed by atoms with E-state index in [0.29, 0.717) is 32.7 Å². The van der Waals surface area contributed by atoms with Crippen molar-refractivity contribution in [2.75, 3.05) is 19.8 Å². The second-order valence-corrected chi connectivity index (χ2v) is 6.14. The molecule has 0 N–H and O–H groups in total. The molecular formula is C20H20O4. The van der Waals surface area contributed by atoms with E-state index in [1.165, 1.54) is 0 Å². The number of fused-ring (bicyclic) bond motifs is 2. The first kappa shape index (κ1) is 15.1. The van der Waals surface area contributed by atoms with Crippen molar-refractivity contribution in [3.8, 4) is 17.2 Å². The van der Waals surface area contributed by atoms with Crippen LogP contribution in [0.4, 0.5) is 0 Å². The lowest BCUT2D eigenvalue weighted by Gasteiger charge is -2.29. The minimum absolute atomic E-state index is 0.000161. The molecule has 0 saturated carbocycles. The van der Waals surface area contributed by atoms with Crippen molar-refractivity contribution in [2.24, 2.45) is 0 Å². The summed E-state index contributed by atoms with van der Waals surface area (Å²) in [7, 11) is 0. The van der Waals surface area contributed by atoms with E-state index in [9.17, 15) is 4.79 Å². The number of rotatable bonds is 3. The molecule has 0 spiro atoms. The minimum Gasteiger partial charge on any atom is -0.494 e. The van der Waals surface area contributed by atoms with Crippen LogP contribution in [0.15, 0.2) is 36.4 Å². The second kappa shape index (κ2) is 6.19. The van der Waals surface area contributed by atoms with Crippen molar-refractivity contribution in [2.45, 2.75) is 25.7 Å². The maximum absolute atomic E-state index is 12.3. The van der Waals surface area contributed by atoms with Gasteiger partial charge in [0.25, 0.3) is 0 Å². The SMILES string of the molecule is CCOc1ccccc1C1CC(=O)Cc2cc3c(cc21)OCCO3. The quantitative estimate of drug-likeness (QED) is 0.867. The second-order valence-electron chi connectivity index (χ2n) is 6.14. The number of carbonyl (C=O) groups excluding carboxylic acids is 1. The van der Waals surface area contributed by atoms with E-state index >= 15 is 0 Å². The fourth-order valence-electron chi connectivity index (χ4n) is 3.58. The lowest BCUT2D eigenvalue weighted by atomic mass is 9.78. The third-order valence-electron chi connectivity index (χ3n) is 4.59. The molecule has 0 amide bonds. The Morgan fingerprint density at radius 3 is 2.62 bits per heavy atom. The van der Waals surface area contributed by atoms with Crippen LogP contribution in [0.25, 0.3) is 0 Å². The molecule has 1 unspecified atom stereocenters. The van der Waals surface area contributed by atoms with Crippen molar-refractivity contribution in [1.82, 2.24) is 0 Å². The average Bonchev–Trinajstić information content (AvgIpc) is 2.60. The van der Waals surface area contributed by atoms with Gasteiger partial charge in [-0.3, -0.25) is 4.79 Å². The molecule has 0 aromatic heterocycles. The van der Waals surface area contributed by atoms with Crippen LogP contribution < -0.4 is 14.2 Å². The van der Waals surface area contributed by atoms with E-state index in [1.54, 1.807) is 0 Å². The number of benzene rings is 2. The Morgan fingerprint density at radius 1 is 1.08 bits per heavy atom. The molecule has 2 aromatic rings. The van der Waals surface area contributed by atoms with Gasteiger partial charge >= 0.3 is 0 Å². The Labute approximate surface area is 141 Å². The molecule has 4 heteroatoms. The highest BCUT2D eigenvalue weighted by Crippen LogP contribution is 2.44. The van der Waals surface area contributed by atoms with Gasteiger partial charge in [-0.15, -0.1) is 0 Å². The molecule has 2 aromatic carbocycles. The van der Waals surface area contributed by atoms with Crippen LogP contribution in [0.1, 0.15) is 36.0 Å². The zero-order valence-corrected chi connectivity index (χ0v) is 13.7. The van der Waals surface area contributed by atoms with Gasteiger partial charge in [-0.1, -0.05) is 18.2 Å². The van der Waals surface area contributed by atoms with Crippen LogP contribution in [-0.2, 0) is 11.2 Å². The van der Waals surface area contributed by atoms with Gasteiger partial charge in [0.1, 0.15) is 24.7 Å². The molecule has 4 rings (SSSR count). The lowest BCUT2D eigenvalue weighted by molar-refractivity contribution is -0.119. The molecule has 24 heavy (non-hydrogen) atoms. The molecule has 124 valence electrons. The number of carbonyl (C=O) groups is 1. The maximum atomic E-state index is 12.3. The van der Waals surface area contributed by atoms with Crippen LogP contribution in [-0.4, -0.2) is 25.6 Å². The van der Waals surface area contributed by atoms with Crippen molar-refractivity contribution in [3.63, 3.8) is 0 Å². The standard InChI is InChI=1S/C20H20O4/c1-2-22-18-6-4-3-5-15(18)17-11-14(21)9-13-10-19-20(12-16(13)17)24-8-7-23-19/h3-6,10,12,17H,2,7-9,11H2,1H3. The fourth-order valence-corrected chi connectivity index (χ4v) is 3.58. The van der Waals surface area contributed by atoms with Gasteiger partial charge in [0.05, 0.1) is 6.61 Å². The first-order valence-electron chi connectivity index (χ1n) is 8.42. The number of Topliss-reactive ketones (excluding diaryl/α,β-unsaturated/α-hetero) is 1. The molecule has 0 radical (unpaired) electrons. The maximum Gasteiger partial charge on any atom is 0.161 e. The van der Waals surface area contributed by atoms with E-state index in [4.69, 9.17) is 14.2 Å². The van der Waals surface area contributed by atoms with E-state index in [0.717, 1.165) is 33.9 Å². The fraction of sp³-hybridized carbons (Fsp3) is 0.350. The number of hydrogen-bond acceptors (Lipinski definition) is 4. The van der Waals surface area contributed by atoms with E-state index in [-0.39, 0.29) is 11.7 Å². The summed E-state index contributed by atoms with van der Waals surface area (Å²) in [5, 5.41) is 0. The Hall–Kier alpha value is -2.49. The van der Waals surface area contributed by atoms with Crippen LogP contribution in [0.3, 0.4) is 0 Å². The Morgan fingerprint density at radius 2 is 1.83 bits per heavy atom. The number of para-hydroxylation sites is 1. The van der Waals surface area contributed by atoms with Crippen molar-refractivity contribution >= 4 is 5.78 Å². The normalized spacial score (nSPS) is 18.9. The zero-order valence-electron chi connectivity index (χ0n) is 13.7. The molecule has 1 heterocycles. The number of ether oxygens (including phenoxy) is 3. The highest BCUT2D eigenvalue weighted by molar-refractivity contribution is 5.85. The molecule has 1 aliphatic carbocycles. The third kappa shape index (κ3) is 2.62. The lowest BCUT2D eigenvalue weighted by Crippen LogP contribution is -2.22. The van der Waals surface area contributed by atoms with Gasteiger partial charge in [0, 0.05) is 24.3 Å². The summed E-state index contributed by atoms with van der Waals surface area (Å²) >= 11 is 0. The Balaban J connectivity index is 1.82. The molecule has 1 aliphatic heterocycles. The third-order valence-corrected chi connectivity index (χ3v) is 4.59. The Bertz CT molecular complexity index is 781. The van der Waals surface area contributed by atoms with Gasteiger partial charge in [-0.2, -0.15) is 0 Å². The van der Waals surface area contributed by atoms with Crippen LogP contribution >= 0.6 is 0 Å². The van der Waals surface area contributed by atoms with Gasteiger partial charge in [0.15, 0.2) is 11.5 Å². The van der Waals surface area contributed by atoms with Gasteiger partial charge in [0.2, 0.25) is 0 Å². The summed E-state index contributed by atoms with van der Waals surface area (Å²) in [4.78, 5) is 12.3. The van der Waals surface area contributed by atoms with Crippen molar-refractivity contribution in [3.05, 3.63) is 53.1 Å².